The molecule has 0 bridgehead atoms. The van der Waals surface area contributed by atoms with Crippen LogP contribution >= 0.6 is 0 Å². The first kappa shape index (κ1) is 13.4. The fourth-order valence-electron chi connectivity index (χ4n) is 2.52. The van der Waals surface area contributed by atoms with Gasteiger partial charge in [-0.3, -0.25) is 0 Å². The Hall–Kier alpha value is -1.02. The zero-order chi connectivity index (χ0) is 13.0. The molecule has 1 aromatic rings. The second-order valence-corrected chi connectivity index (χ2v) is 5.54. The van der Waals surface area contributed by atoms with Crippen LogP contribution in [0.2, 0.25) is 0 Å². The minimum atomic E-state index is 0.737. The molecule has 0 radical (unpaired) electrons. The second-order valence-electron chi connectivity index (χ2n) is 5.54. The largest absolute Gasteiger partial charge is 0.371 e. The van der Waals surface area contributed by atoms with Gasteiger partial charge in [0.25, 0.3) is 0 Å². The normalized spacial score (nSPS) is 14.8. The van der Waals surface area contributed by atoms with Gasteiger partial charge < -0.3 is 10.6 Å². The van der Waals surface area contributed by atoms with Gasteiger partial charge in [-0.15, -0.1) is 0 Å². The Balaban J connectivity index is 2.10. The molecule has 1 saturated carbocycles. The first-order chi connectivity index (χ1) is 8.74. The van der Waals surface area contributed by atoms with E-state index in [-0.39, 0.29) is 0 Å². The van der Waals surface area contributed by atoms with Crippen LogP contribution in [0.15, 0.2) is 18.2 Å². The highest BCUT2D eigenvalue weighted by atomic mass is 15.1. The quantitative estimate of drug-likeness (QED) is 0.801. The van der Waals surface area contributed by atoms with E-state index in [1.54, 1.807) is 0 Å². The maximum atomic E-state index is 5.64. The zero-order valence-corrected chi connectivity index (χ0v) is 11.8. The van der Waals surface area contributed by atoms with E-state index in [1.165, 1.54) is 49.2 Å². The molecule has 18 heavy (non-hydrogen) atoms. The van der Waals surface area contributed by atoms with Gasteiger partial charge in [0.2, 0.25) is 0 Å². The summed E-state index contributed by atoms with van der Waals surface area (Å²) in [5, 5.41) is 0. The van der Waals surface area contributed by atoms with E-state index < -0.39 is 0 Å². The van der Waals surface area contributed by atoms with E-state index in [4.69, 9.17) is 5.73 Å². The summed E-state index contributed by atoms with van der Waals surface area (Å²) in [6.45, 7) is 7.61. The Morgan fingerprint density at radius 2 is 2.11 bits per heavy atom. The molecule has 0 amide bonds. The lowest BCUT2D eigenvalue weighted by Gasteiger charge is -2.25. The number of nitrogens with two attached hydrogens (primary N) is 1. The molecule has 2 rings (SSSR count). The van der Waals surface area contributed by atoms with Crippen molar-refractivity contribution >= 4 is 5.69 Å². The number of aryl methyl sites for hydroxylation is 1. The number of nitrogens with zero attached hydrogens (tertiary/aromatic N) is 1. The smallest absolute Gasteiger partial charge is 0.0369 e. The third kappa shape index (κ3) is 3.49. The maximum absolute atomic E-state index is 5.64. The van der Waals surface area contributed by atoms with Crippen molar-refractivity contribution in [2.75, 3.05) is 24.5 Å². The maximum Gasteiger partial charge on any atom is 0.0369 e. The summed E-state index contributed by atoms with van der Waals surface area (Å²) < 4.78 is 0. The fourth-order valence-corrected chi connectivity index (χ4v) is 2.52. The summed E-state index contributed by atoms with van der Waals surface area (Å²) in [4.78, 5) is 2.55. The third-order valence-corrected chi connectivity index (χ3v) is 3.77. The van der Waals surface area contributed by atoms with E-state index in [9.17, 15) is 0 Å². The molecule has 100 valence electrons. The van der Waals surface area contributed by atoms with Crippen LogP contribution in [0.3, 0.4) is 0 Å². The standard InChI is InChI=1S/C16H26N2/c1-3-10-18(12-14-4-5-14)16-7-6-15(8-9-17)13(2)11-16/h6-7,11,14H,3-5,8-10,12,17H2,1-2H3. The highest BCUT2D eigenvalue weighted by Gasteiger charge is 2.24. The topological polar surface area (TPSA) is 29.3 Å². The number of hydrogen-bond donors (Lipinski definition) is 1. The predicted molar refractivity (Wildman–Crippen MR) is 79.2 cm³/mol. The average molecular weight is 246 g/mol. The molecule has 0 saturated heterocycles. The van der Waals surface area contributed by atoms with Crippen molar-refractivity contribution in [1.29, 1.82) is 0 Å². The molecule has 2 N–H and O–H groups in total. The predicted octanol–water partition coefficient (Wildman–Crippen LogP) is 3.12. The van der Waals surface area contributed by atoms with Crippen LogP contribution in [-0.2, 0) is 6.42 Å². The summed E-state index contributed by atoms with van der Waals surface area (Å²) in [5.41, 5.74) is 9.81. The molecular formula is C16H26N2. The highest BCUT2D eigenvalue weighted by molar-refractivity contribution is 5.51. The summed E-state index contributed by atoms with van der Waals surface area (Å²) in [7, 11) is 0. The minimum Gasteiger partial charge on any atom is -0.371 e. The van der Waals surface area contributed by atoms with Crippen molar-refractivity contribution in [3.05, 3.63) is 29.3 Å². The van der Waals surface area contributed by atoms with Crippen LogP contribution in [0.5, 0.6) is 0 Å². The number of hydrogen-bond acceptors (Lipinski definition) is 2. The van der Waals surface area contributed by atoms with Crippen molar-refractivity contribution < 1.29 is 0 Å². The van der Waals surface area contributed by atoms with Crippen LogP contribution in [0.25, 0.3) is 0 Å². The first-order valence-electron chi connectivity index (χ1n) is 7.29. The Kier molecular flexibility index (Phi) is 4.65. The van der Waals surface area contributed by atoms with Crippen molar-refractivity contribution in [2.24, 2.45) is 11.7 Å². The molecule has 1 fully saturated rings. The van der Waals surface area contributed by atoms with Crippen molar-refractivity contribution in [3.63, 3.8) is 0 Å². The number of rotatable bonds is 7. The van der Waals surface area contributed by atoms with Crippen molar-refractivity contribution in [3.8, 4) is 0 Å². The Morgan fingerprint density at radius 3 is 2.67 bits per heavy atom. The Bertz CT molecular complexity index is 383. The Morgan fingerprint density at radius 1 is 1.33 bits per heavy atom. The minimum absolute atomic E-state index is 0.737. The average Bonchev–Trinajstić information content (AvgIpc) is 3.15. The van der Waals surface area contributed by atoms with Gasteiger partial charge in [0, 0.05) is 18.8 Å². The van der Waals surface area contributed by atoms with E-state index in [0.717, 1.165) is 18.9 Å². The van der Waals surface area contributed by atoms with Gasteiger partial charge in [0.1, 0.15) is 0 Å². The lowest BCUT2D eigenvalue weighted by Crippen LogP contribution is -2.26. The molecule has 0 atom stereocenters. The first-order valence-corrected chi connectivity index (χ1v) is 7.29. The second kappa shape index (κ2) is 6.24. The lowest BCUT2D eigenvalue weighted by atomic mass is 10.0. The zero-order valence-electron chi connectivity index (χ0n) is 11.8. The van der Waals surface area contributed by atoms with Gasteiger partial charge in [-0.25, -0.2) is 0 Å². The van der Waals surface area contributed by atoms with E-state index in [1.807, 2.05) is 0 Å². The van der Waals surface area contributed by atoms with Crippen LogP contribution in [-0.4, -0.2) is 19.6 Å². The third-order valence-electron chi connectivity index (χ3n) is 3.77. The molecule has 0 spiro atoms. The number of anilines is 1. The van der Waals surface area contributed by atoms with Crippen LogP contribution in [0.4, 0.5) is 5.69 Å². The lowest BCUT2D eigenvalue weighted by molar-refractivity contribution is 0.707. The molecule has 2 heteroatoms. The van der Waals surface area contributed by atoms with Crippen LogP contribution in [0, 0.1) is 12.8 Å². The van der Waals surface area contributed by atoms with Crippen LogP contribution < -0.4 is 10.6 Å². The molecule has 1 aliphatic carbocycles. The molecule has 0 heterocycles. The van der Waals surface area contributed by atoms with E-state index >= 15 is 0 Å². The molecular weight excluding hydrogens is 220 g/mol. The summed E-state index contributed by atoms with van der Waals surface area (Å²) in [5.74, 6) is 0.945. The molecule has 1 aliphatic rings. The van der Waals surface area contributed by atoms with Crippen molar-refractivity contribution in [1.82, 2.24) is 0 Å². The summed E-state index contributed by atoms with van der Waals surface area (Å²) in [6.07, 6.45) is 5.05. The monoisotopic (exact) mass is 246 g/mol. The molecule has 1 aromatic carbocycles. The molecule has 0 aromatic heterocycles. The number of benzene rings is 1. The Labute approximate surface area is 111 Å². The summed E-state index contributed by atoms with van der Waals surface area (Å²) in [6, 6.07) is 6.87. The van der Waals surface area contributed by atoms with Gasteiger partial charge in [0.15, 0.2) is 0 Å². The van der Waals surface area contributed by atoms with E-state index in [0.29, 0.717) is 0 Å². The molecule has 2 nitrogen and oxygen atoms in total. The van der Waals surface area contributed by atoms with Crippen molar-refractivity contribution in [2.45, 2.75) is 39.5 Å². The SMILES string of the molecule is CCCN(CC1CC1)c1ccc(CCN)c(C)c1. The van der Waals surface area contributed by atoms with E-state index in [2.05, 4.69) is 36.9 Å². The van der Waals surface area contributed by atoms with Gasteiger partial charge in [-0.05, 0) is 68.3 Å². The highest BCUT2D eigenvalue weighted by Crippen LogP contribution is 2.32. The molecule has 0 aliphatic heterocycles. The summed E-state index contributed by atoms with van der Waals surface area (Å²) >= 11 is 0. The fraction of sp³-hybridized carbons (Fsp3) is 0.625. The van der Waals surface area contributed by atoms with Gasteiger partial charge >= 0.3 is 0 Å². The van der Waals surface area contributed by atoms with Gasteiger partial charge in [0.05, 0.1) is 0 Å². The molecule has 0 unspecified atom stereocenters. The van der Waals surface area contributed by atoms with Gasteiger partial charge in [-0.1, -0.05) is 13.0 Å². The van der Waals surface area contributed by atoms with Crippen LogP contribution in [0.1, 0.15) is 37.3 Å². The van der Waals surface area contributed by atoms with Gasteiger partial charge in [-0.2, -0.15) is 0 Å².